The maximum atomic E-state index is 10.8. The van der Waals surface area contributed by atoms with E-state index in [1.807, 2.05) is 44.2 Å². The van der Waals surface area contributed by atoms with E-state index in [-0.39, 0.29) is 12.3 Å². The van der Waals surface area contributed by atoms with Crippen molar-refractivity contribution in [3.05, 3.63) is 87.2 Å². The molecule has 144 valence electrons. The van der Waals surface area contributed by atoms with Crippen molar-refractivity contribution in [1.29, 1.82) is 0 Å². The van der Waals surface area contributed by atoms with Crippen molar-refractivity contribution >= 4 is 11.9 Å². The molecular weight excluding hydrogens is 358 g/mol. The molecule has 0 unspecified atom stereocenters. The molecule has 28 heavy (non-hydrogen) atoms. The van der Waals surface area contributed by atoms with Crippen LogP contribution in [0.3, 0.4) is 0 Å². The fourth-order valence-corrected chi connectivity index (χ4v) is 3.03. The fraction of sp³-hybridized carbons (Fsp3) is 0.190. The highest BCUT2D eigenvalue weighted by molar-refractivity contribution is 5.81. The molecule has 0 aliphatic rings. The summed E-state index contributed by atoms with van der Waals surface area (Å²) in [6.45, 7) is 4.19. The Balaban J connectivity index is 1.73. The quantitative estimate of drug-likeness (QED) is 0.342. The molecule has 0 saturated heterocycles. The van der Waals surface area contributed by atoms with Gasteiger partial charge in [0.15, 0.2) is 0 Å². The second-order valence-corrected chi connectivity index (χ2v) is 6.30. The number of nitro benzene ring substituents is 1. The van der Waals surface area contributed by atoms with Crippen LogP contribution in [0.5, 0.6) is 5.75 Å². The molecule has 0 amide bonds. The molecule has 2 aromatic carbocycles. The number of hydrogen-bond acceptors (Lipinski definition) is 5. The molecule has 0 radical (unpaired) electrons. The number of hydrogen-bond donors (Lipinski definition) is 0. The zero-order valence-electron chi connectivity index (χ0n) is 16.0. The van der Waals surface area contributed by atoms with Crippen LogP contribution in [-0.2, 0) is 11.4 Å². The van der Waals surface area contributed by atoms with Gasteiger partial charge in [0.2, 0.25) is 0 Å². The first-order valence-electron chi connectivity index (χ1n) is 8.71. The topological polar surface area (TPSA) is 78.9 Å². The number of benzene rings is 2. The number of non-ortho nitro benzene ring substituents is 1. The number of aryl methyl sites for hydroxylation is 1. The standard InChI is InChI=1S/C21H21N3O4/c1-15-10-18(16(2)23(15)19-7-5-9-21(12-19)27-3)13-22-28-14-17-6-4-8-20(11-17)24(25)26/h4-13H,14H2,1-3H3/b22-13+. The molecule has 0 aliphatic heterocycles. The van der Waals surface area contributed by atoms with Gasteiger partial charge in [-0.3, -0.25) is 10.1 Å². The fourth-order valence-electron chi connectivity index (χ4n) is 3.03. The van der Waals surface area contributed by atoms with E-state index in [4.69, 9.17) is 9.57 Å². The van der Waals surface area contributed by atoms with E-state index < -0.39 is 4.92 Å². The van der Waals surface area contributed by atoms with Crippen LogP contribution in [-0.4, -0.2) is 22.8 Å². The first-order chi connectivity index (χ1) is 13.5. The van der Waals surface area contributed by atoms with E-state index in [9.17, 15) is 10.1 Å². The largest absolute Gasteiger partial charge is 0.497 e. The first-order valence-corrected chi connectivity index (χ1v) is 8.71. The van der Waals surface area contributed by atoms with Gasteiger partial charge in [-0.2, -0.15) is 0 Å². The lowest BCUT2D eigenvalue weighted by Crippen LogP contribution is -2.00. The van der Waals surface area contributed by atoms with Crippen LogP contribution in [0.1, 0.15) is 22.5 Å². The molecule has 0 spiro atoms. The first kappa shape index (κ1) is 19.2. The highest BCUT2D eigenvalue weighted by Gasteiger charge is 2.10. The van der Waals surface area contributed by atoms with Crippen molar-refractivity contribution in [2.24, 2.45) is 5.16 Å². The molecule has 0 N–H and O–H groups in total. The van der Waals surface area contributed by atoms with E-state index in [0.717, 1.165) is 28.4 Å². The highest BCUT2D eigenvalue weighted by Crippen LogP contribution is 2.23. The van der Waals surface area contributed by atoms with Gasteiger partial charge in [0.1, 0.15) is 12.4 Å². The van der Waals surface area contributed by atoms with Crippen molar-refractivity contribution in [3.63, 3.8) is 0 Å². The summed E-state index contributed by atoms with van der Waals surface area (Å²) in [5, 5.41) is 14.8. The zero-order valence-corrected chi connectivity index (χ0v) is 16.0. The minimum atomic E-state index is -0.430. The van der Waals surface area contributed by atoms with Gasteiger partial charge in [-0.25, -0.2) is 0 Å². The molecule has 0 fully saturated rings. The Hall–Kier alpha value is -3.61. The Morgan fingerprint density at radius 2 is 1.93 bits per heavy atom. The number of ether oxygens (including phenoxy) is 1. The maximum absolute atomic E-state index is 10.8. The van der Waals surface area contributed by atoms with Gasteiger partial charge in [0.25, 0.3) is 5.69 Å². The minimum Gasteiger partial charge on any atom is -0.497 e. The van der Waals surface area contributed by atoms with Crippen LogP contribution in [0.4, 0.5) is 5.69 Å². The average molecular weight is 379 g/mol. The van der Waals surface area contributed by atoms with Gasteiger partial charge in [-0.05, 0) is 37.6 Å². The Kier molecular flexibility index (Phi) is 5.74. The summed E-state index contributed by atoms with van der Waals surface area (Å²) in [5.41, 5.74) is 4.74. The Labute approximate surface area is 163 Å². The summed E-state index contributed by atoms with van der Waals surface area (Å²) >= 11 is 0. The lowest BCUT2D eigenvalue weighted by atomic mass is 10.2. The van der Waals surface area contributed by atoms with E-state index in [1.54, 1.807) is 25.5 Å². The molecular formula is C21H21N3O4. The predicted molar refractivity (Wildman–Crippen MR) is 107 cm³/mol. The second kappa shape index (κ2) is 8.39. The molecule has 1 heterocycles. The molecule has 7 nitrogen and oxygen atoms in total. The molecule has 0 aliphatic carbocycles. The molecule has 3 rings (SSSR count). The number of aromatic nitrogens is 1. The third-order valence-electron chi connectivity index (χ3n) is 4.40. The van der Waals surface area contributed by atoms with Gasteiger partial charge < -0.3 is 14.1 Å². The molecule has 3 aromatic rings. The van der Waals surface area contributed by atoms with Crippen molar-refractivity contribution in [3.8, 4) is 11.4 Å². The zero-order chi connectivity index (χ0) is 20.1. The Morgan fingerprint density at radius 3 is 2.68 bits per heavy atom. The summed E-state index contributed by atoms with van der Waals surface area (Å²) in [6, 6.07) is 16.2. The molecule has 0 saturated carbocycles. The lowest BCUT2D eigenvalue weighted by Gasteiger charge is -2.11. The predicted octanol–water partition coefficient (Wildman–Crippen LogP) is 4.56. The van der Waals surface area contributed by atoms with Gasteiger partial charge in [-0.1, -0.05) is 23.4 Å². The average Bonchev–Trinajstić information content (AvgIpc) is 2.98. The number of methoxy groups -OCH3 is 1. The maximum Gasteiger partial charge on any atom is 0.269 e. The van der Waals surface area contributed by atoms with Gasteiger partial charge in [-0.15, -0.1) is 0 Å². The van der Waals surface area contributed by atoms with Crippen molar-refractivity contribution in [1.82, 2.24) is 4.57 Å². The Morgan fingerprint density at radius 1 is 1.14 bits per heavy atom. The summed E-state index contributed by atoms with van der Waals surface area (Å²) in [7, 11) is 1.64. The van der Waals surface area contributed by atoms with Crippen molar-refractivity contribution < 1.29 is 14.5 Å². The van der Waals surface area contributed by atoms with Gasteiger partial charge in [0, 0.05) is 40.8 Å². The van der Waals surface area contributed by atoms with Crippen LogP contribution >= 0.6 is 0 Å². The van der Waals surface area contributed by atoms with Crippen molar-refractivity contribution in [2.75, 3.05) is 7.11 Å². The van der Waals surface area contributed by atoms with Gasteiger partial charge >= 0.3 is 0 Å². The summed E-state index contributed by atoms with van der Waals surface area (Å²) < 4.78 is 7.42. The number of nitrogens with zero attached hydrogens (tertiary/aromatic N) is 3. The van der Waals surface area contributed by atoms with Crippen molar-refractivity contribution in [2.45, 2.75) is 20.5 Å². The number of oxime groups is 1. The molecule has 1 aromatic heterocycles. The SMILES string of the molecule is COc1cccc(-n2c(C)cc(/C=N/OCc3cccc([N+](=O)[O-])c3)c2C)c1. The third kappa shape index (κ3) is 4.20. The van der Waals surface area contributed by atoms with Gasteiger partial charge in [0.05, 0.1) is 18.2 Å². The van der Waals surface area contributed by atoms with Crippen LogP contribution in [0, 0.1) is 24.0 Å². The normalized spacial score (nSPS) is 11.0. The lowest BCUT2D eigenvalue weighted by molar-refractivity contribution is -0.384. The van der Waals surface area contributed by atoms with Crippen LogP contribution in [0.25, 0.3) is 5.69 Å². The van der Waals surface area contributed by atoms with E-state index in [1.165, 1.54) is 12.1 Å². The van der Waals surface area contributed by atoms with Crippen LogP contribution < -0.4 is 4.74 Å². The second-order valence-electron chi connectivity index (χ2n) is 6.30. The Bertz CT molecular complexity index is 1020. The number of nitro groups is 1. The summed E-state index contributed by atoms with van der Waals surface area (Å²) in [4.78, 5) is 15.7. The third-order valence-corrected chi connectivity index (χ3v) is 4.40. The number of rotatable bonds is 7. The van der Waals surface area contributed by atoms with E-state index in [2.05, 4.69) is 9.72 Å². The highest BCUT2D eigenvalue weighted by atomic mass is 16.6. The van der Waals surface area contributed by atoms with E-state index in [0.29, 0.717) is 5.56 Å². The molecule has 7 heteroatoms. The summed E-state index contributed by atoms with van der Waals surface area (Å²) in [6.07, 6.45) is 1.65. The molecule has 0 bridgehead atoms. The van der Waals surface area contributed by atoms with Crippen LogP contribution in [0.15, 0.2) is 59.8 Å². The smallest absolute Gasteiger partial charge is 0.269 e. The monoisotopic (exact) mass is 379 g/mol. The summed E-state index contributed by atoms with van der Waals surface area (Å²) in [5.74, 6) is 0.792. The minimum absolute atomic E-state index is 0.0342. The molecule has 0 atom stereocenters. The van der Waals surface area contributed by atoms with Crippen LogP contribution in [0.2, 0.25) is 0 Å². The van der Waals surface area contributed by atoms with E-state index >= 15 is 0 Å².